The summed E-state index contributed by atoms with van der Waals surface area (Å²) in [7, 11) is 0. The van der Waals surface area contributed by atoms with E-state index < -0.39 is 0 Å². The van der Waals surface area contributed by atoms with Gasteiger partial charge in [-0.2, -0.15) is 0 Å². The van der Waals surface area contributed by atoms with Crippen molar-refractivity contribution >= 4 is 50.7 Å². The van der Waals surface area contributed by atoms with Gasteiger partial charge in [-0.25, -0.2) is 4.98 Å². The van der Waals surface area contributed by atoms with Crippen molar-refractivity contribution in [3.8, 4) is 0 Å². The summed E-state index contributed by atoms with van der Waals surface area (Å²) in [5.74, 6) is 0.626. The van der Waals surface area contributed by atoms with Crippen molar-refractivity contribution in [3.05, 3.63) is 34.4 Å². The Bertz CT molecular complexity index is 384. The molecule has 0 aliphatic carbocycles. The van der Waals surface area contributed by atoms with Crippen molar-refractivity contribution in [3.63, 3.8) is 0 Å². The Balaban J connectivity index is 2.64. The second-order valence-corrected chi connectivity index (χ2v) is 4.31. The number of hydrogen-bond acceptors (Lipinski definition) is 2. The lowest BCUT2D eigenvalue weighted by Crippen LogP contribution is -2.28. The highest BCUT2D eigenvalue weighted by Crippen LogP contribution is 2.22. The van der Waals surface area contributed by atoms with Crippen molar-refractivity contribution in [1.82, 2.24) is 10.3 Å². The fourth-order valence-electron chi connectivity index (χ4n) is 0.823. The van der Waals surface area contributed by atoms with Crippen LogP contribution < -0.4 is 10.6 Å². The number of anilines is 1. The molecule has 1 heterocycles. The van der Waals surface area contributed by atoms with Crippen molar-refractivity contribution in [1.29, 1.82) is 0 Å². The summed E-state index contributed by atoms with van der Waals surface area (Å²) in [5, 5.41) is 6.92. The lowest BCUT2D eigenvalue weighted by Gasteiger charge is -2.09. The van der Waals surface area contributed by atoms with Crippen LogP contribution in [-0.4, -0.2) is 16.6 Å². The number of thiocarbonyl (C=S) groups is 1. The molecule has 80 valence electrons. The molecule has 0 spiro atoms. The zero-order chi connectivity index (χ0) is 11.3. The van der Waals surface area contributed by atoms with Crippen LogP contribution in [-0.2, 0) is 0 Å². The van der Waals surface area contributed by atoms with Crippen LogP contribution in [0.2, 0.25) is 5.02 Å². The minimum absolute atomic E-state index is 0.491. The summed E-state index contributed by atoms with van der Waals surface area (Å²) >= 11 is 14.1. The SMILES string of the molecule is C=CCNC(=S)Nc1ncc(Cl)cc1Br. The van der Waals surface area contributed by atoms with Crippen LogP contribution in [0.4, 0.5) is 5.82 Å². The average Bonchev–Trinajstić information content (AvgIpc) is 2.19. The molecule has 0 saturated heterocycles. The third kappa shape index (κ3) is 4.15. The van der Waals surface area contributed by atoms with Crippen LogP contribution in [0.1, 0.15) is 0 Å². The van der Waals surface area contributed by atoms with E-state index in [1.807, 2.05) is 0 Å². The third-order valence-corrected chi connectivity index (χ3v) is 2.50. The molecule has 1 rings (SSSR count). The van der Waals surface area contributed by atoms with Crippen LogP contribution in [0.15, 0.2) is 29.4 Å². The molecule has 0 bridgehead atoms. The monoisotopic (exact) mass is 305 g/mol. The number of rotatable bonds is 3. The van der Waals surface area contributed by atoms with E-state index in [0.717, 1.165) is 4.47 Å². The predicted molar refractivity (Wildman–Crippen MR) is 71.4 cm³/mol. The van der Waals surface area contributed by atoms with Gasteiger partial charge in [0.05, 0.1) is 9.50 Å². The summed E-state index contributed by atoms with van der Waals surface area (Å²) in [4.78, 5) is 4.08. The first-order valence-corrected chi connectivity index (χ1v) is 5.68. The third-order valence-electron chi connectivity index (χ3n) is 1.45. The van der Waals surface area contributed by atoms with E-state index in [-0.39, 0.29) is 0 Å². The quantitative estimate of drug-likeness (QED) is 0.665. The molecule has 0 atom stereocenters. The standard InChI is InChI=1S/C9H9BrClN3S/c1-2-3-12-9(15)14-8-7(10)4-6(11)5-13-8/h2,4-5H,1,3H2,(H2,12,13,14,15). The topological polar surface area (TPSA) is 37.0 Å². The summed E-state index contributed by atoms with van der Waals surface area (Å²) in [6, 6.07) is 1.74. The van der Waals surface area contributed by atoms with Crippen molar-refractivity contribution in [2.24, 2.45) is 0 Å². The molecule has 0 radical (unpaired) electrons. The number of nitrogens with one attached hydrogen (secondary N) is 2. The predicted octanol–water partition coefficient (Wildman–Crippen LogP) is 2.97. The maximum Gasteiger partial charge on any atom is 0.172 e. The molecule has 0 saturated carbocycles. The largest absolute Gasteiger partial charge is 0.359 e. The molecule has 0 aliphatic rings. The molecule has 1 aromatic rings. The Morgan fingerprint density at radius 3 is 3.07 bits per heavy atom. The minimum Gasteiger partial charge on any atom is -0.359 e. The molecule has 0 aromatic carbocycles. The summed E-state index contributed by atoms with van der Waals surface area (Å²) in [6.07, 6.45) is 3.27. The number of pyridine rings is 1. The average molecular weight is 307 g/mol. The molecule has 0 fully saturated rings. The van der Waals surface area contributed by atoms with Crippen LogP contribution in [0.3, 0.4) is 0 Å². The van der Waals surface area contributed by atoms with Gasteiger partial charge in [0, 0.05) is 12.7 Å². The molecule has 1 aromatic heterocycles. The lowest BCUT2D eigenvalue weighted by atomic mass is 10.4. The van der Waals surface area contributed by atoms with E-state index in [4.69, 9.17) is 23.8 Å². The van der Waals surface area contributed by atoms with Gasteiger partial charge in [-0.3, -0.25) is 0 Å². The Morgan fingerprint density at radius 2 is 2.47 bits per heavy atom. The maximum absolute atomic E-state index is 5.76. The molecule has 0 aliphatic heterocycles. The smallest absolute Gasteiger partial charge is 0.172 e. The van der Waals surface area contributed by atoms with E-state index in [9.17, 15) is 0 Å². The van der Waals surface area contributed by atoms with E-state index in [1.54, 1.807) is 18.3 Å². The maximum atomic E-state index is 5.76. The highest BCUT2D eigenvalue weighted by Gasteiger charge is 2.03. The van der Waals surface area contributed by atoms with E-state index in [0.29, 0.717) is 22.5 Å². The molecular formula is C9H9BrClN3S. The normalized spacial score (nSPS) is 9.47. The first-order chi connectivity index (χ1) is 7.13. The van der Waals surface area contributed by atoms with Gasteiger partial charge in [-0.1, -0.05) is 17.7 Å². The zero-order valence-corrected chi connectivity index (χ0v) is 10.9. The molecule has 0 unspecified atom stereocenters. The van der Waals surface area contributed by atoms with Crippen molar-refractivity contribution in [2.45, 2.75) is 0 Å². The van der Waals surface area contributed by atoms with Gasteiger partial charge < -0.3 is 10.6 Å². The van der Waals surface area contributed by atoms with Gasteiger partial charge in [-0.15, -0.1) is 6.58 Å². The highest BCUT2D eigenvalue weighted by molar-refractivity contribution is 9.10. The summed E-state index contributed by atoms with van der Waals surface area (Å²) in [6.45, 7) is 4.18. The minimum atomic E-state index is 0.491. The van der Waals surface area contributed by atoms with Gasteiger partial charge in [0.2, 0.25) is 0 Å². The van der Waals surface area contributed by atoms with Crippen LogP contribution >= 0.6 is 39.7 Å². The molecule has 2 N–H and O–H groups in total. The van der Waals surface area contributed by atoms with E-state index in [1.165, 1.54) is 0 Å². The summed E-state index contributed by atoms with van der Waals surface area (Å²) < 4.78 is 0.762. The van der Waals surface area contributed by atoms with Gasteiger partial charge in [0.1, 0.15) is 5.82 Å². The number of halogens is 2. The number of nitrogens with zero attached hydrogens (tertiary/aromatic N) is 1. The van der Waals surface area contributed by atoms with E-state index in [2.05, 4.69) is 38.1 Å². The van der Waals surface area contributed by atoms with Crippen LogP contribution in [0.5, 0.6) is 0 Å². The van der Waals surface area contributed by atoms with Crippen LogP contribution in [0.25, 0.3) is 0 Å². The molecule has 3 nitrogen and oxygen atoms in total. The lowest BCUT2D eigenvalue weighted by molar-refractivity contribution is 1.06. The van der Waals surface area contributed by atoms with Crippen LogP contribution in [0, 0.1) is 0 Å². The number of hydrogen-bond donors (Lipinski definition) is 2. The highest BCUT2D eigenvalue weighted by atomic mass is 79.9. The molecular weight excluding hydrogens is 298 g/mol. The van der Waals surface area contributed by atoms with Gasteiger partial charge in [0.25, 0.3) is 0 Å². The summed E-state index contributed by atoms with van der Waals surface area (Å²) in [5.41, 5.74) is 0. The van der Waals surface area contributed by atoms with Crippen molar-refractivity contribution < 1.29 is 0 Å². The first-order valence-electron chi connectivity index (χ1n) is 4.10. The number of aromatic nitrogens is 1. The first kappa shape index (κ1) is 12.4. The zero-order valence-electron chi connectivity index (χ0n) is 7.76. The second-order valence-electron chi connectivity index (χ2n) is 2.61. The Kier molecular flexibility index (Phi) is 5.01. The van der Waals surface area contributed by atoms with Gasteiger partial charge in [-0.05, 0) is 34.2 Å². The Labute approximate surface area is 107 Å². The van der Waals surface area contributed by atoms with Crippen molar-refractivity contribution in [2.75, 3.05) is 11.9 Å². The fourth-order valence-corrected chi connectivity index (χ4v) is 1.74. The Hall–Kier alpha value is -0.650. The van der Waals surface area contributed by atoms with E-state index >= 15 is 0 Å². The second kappa shape index (κ2) is 6.05. The fraction of sp³-hybridized carbons (Fsp3) is 0.111. The molecule has 6 heteroatoms. The molecule has 0 amide bonds. The van der Waals surface area contributed by atoms with Gasteiger partial charge in [0.15, 0.2) is 5.11 Å². The Morgan fingerprint density at radius 1 is 1.73 bits per heavy atom. The molecule has 15 heavy (non-hydrogen) atoms. The van der Waals surface area contributed by atoms with Gasteiger partial charge >= 0.3 is 0 Å².